The van der Waals surface area contributed by atoms with Crippen LogP contribution in [0.15, 0.2) is 22.7 Å². The second-order valence-corrected chi connectivity index (χ2v) is 5.25. The Morgan fingerprint density at radius 1 is 1.53 bits per heavy atom. The number of amides is 1. The molecule has 92 valence electrons. The molecule has 0 aliphatic carbocycles. The summed E-state index contributed by atoms with van der Waals surface area (Å²) in [7, 11) is 0. The molecule has 1 aliphatic rings. The van der Waals surface area contributed by atoms with E-state index in [2.05, 4.69) is 26.6 Å². The number of halogens is 1. The Bertz CT molecular complexity index is 414. The lowest BCUT2D eigenvalue weighted by Crippen LogP contribution is -2.45. The number of benzene rings is 1. The van der Waals surface area contributed by atoms with E-state index in [0.717, 1.165) is 41.5 Å². The maximum atomic E-state index is 12.1. The van der Waals surface area contributed by atoms with Crippen LogP contribution < -0.4 is 10.6 Å². The van der Waals surface area contributed by atoms with Crippen LogP contribution in [0.3, 0.4) is 0 Å². The Labute approximate surface area is 110 Å². The molecule has 0 bridgehead atoms. The third-order valence-corrected chi connectivity index (χ3v) is 4.12. The van der Waals surface area contributed by atoms with Gasteiger partial charge in [0, 0.05) is 17.1 Å². The van der Waals surface area contributed by atoms with Crippen LogP contribution in [0.25, 0.3) is 0 Å². The molecule has 1 amide bonds. The first-order valence-corrected chi connectivity index (χ1v) is 6.74. The average Bonchev–Trinajstić information content (AvgIpc) is 2.34. The molecule has 0 spiro atoms. The quantitative estimate of drug-likeness (QED) is 0.879. The molecule has 1 atom stereocenters. The maximum Gasteiger partial charge on any atom is 0.252 e. The first-order chi connectivity index (χ1) is 8.18. The van der Waals surface area contributed by atoms with Crippen LogP contribution in [0, 0.1) is 6.92 Å². The highest BCUT2D eigenvalue weighted by molar-refractivity contribution is 9.10. The molecule has 1 aliphatic heterocycles. The number of hydrogen-bond donors (Lipinski definition) is 2. The van der Waals surface area contributed by atoms with E-state index in [1.807, 2.05) is 25.1 Å². The van der Waals surface area contributed by atoms with E-state index >= 15 is 0 Å². The minimum Gasteiger partial charge on any atom is -0.348 e. The van der Waals surface area contributed by atoms with Gasteiger partial charge in [-0.3, -0.25) is 4.79 Å². The molecule has 0 radical (unpaired) electrons. The smallest absolute Gasteiger partial charge is 0.252 e. The topological polar surface area (TPSA) is 41.1 Å². The second-order valence-electron chi connectivity index (χ2n) is 4.45. The largest absolute Gasteiger partial charge is 0.348 e. The summed E-state index contributed by atoms with van der Waals surface area (Å²) in [6.45, 7) is 3.92. The highest BCUT2D eigenvalue weighted by atomic mass is 79.9. The predicted molar refractivity (Wildman–Crippen MR) is 72.2 cm³/mol. The molecule has 3 nitrogen and oxygen atoms in total. The van der Waals surface area contributed by atoms with Crippen molar-refractivity contribution < 1.29 is 4.79 Å². The lowest BCUT2D eigenvalue weighted by atomic mass is 10.1. The van der Waals surface area contributed by atoms with Gasteiger partial charge in [-0.25, -0.2) is 0 Å². The van der Waals surface area contributed by atoms with Crippen molar-refractivity contribution in [2.45, 2.75) is 25.8 Å². The SMILES string of the molecule is Cc1cccc(C(=O)N[C@H]2CCCNC2)c1Br. The summed E-state index contributed by atoms with van der Waals surface area (Å²) >= 11 is 3.47. The summed E-state index contributed by atoms with van der Waals surface area (Å²) in [5, 5.41) is 6.36. The molecule has 4 heteroatoms. The van der Waals surface area contributed by atoms with Crippen molar-refractivity contribution in [2.24, 2.45) is 0 Å². The number of carbonyl (C=O) groups excluding carboxylic acids is 1. The zero-order valence-electron chi connectivity index (χ0n) is 9.92. The molecule has 2 N–H and O–H groups in total. The van der Waals surface area contributed by atoms with Gasteiger partial charge in [0.2, 0.25) is 0 Å². The number of hydrogen-bond acceptors (Lipinski definition) is 2. The van der Waals surface area contributed by atoms with Crippen LogP contribution in [0.1, 0.15) is 28.8 Å². The third kappa shape index (κ3) is 3.07. The van der Waals surface area contributed by atoms with Crippen LogP contribution in [-0.4, -0.2) is 25.0 Å². The molecule has 1 aromatic rings. The summed E-state index contributed by atoms with van der Waals surface area (Å²) in [5.41, 5.74) is 1.80. The van der Waals surface area contributed by atoms with Crippen molar-refractivity contribution in [3.8, 4) is 0 Å². The van der Waals surface area contributed by atoms with Crippen molar-refractivity contribution in [1.29, 1.82) is 0 Å². The van der Waals surface area contributed by atoms with E-state index in [4.69, 9.17) is 0 Å². The van der Waals surface area contributed by atoms with Crippen molar-refractivity contribution in [1.82, 2.24) is 10.6 Å². The maximum absolute atomic E-state index is 12.1. The fourth-order valence-electron chi connectivity index (χ4n) is 2.06. The van der Waals surface area contributed by atoms with Gasteiger partial charge in [0.25, 0.3) is 5.91 Å². The number of carbonyl (C=O) groups is 1. The second kappa shape index (κ2) is 5.65. The van der Waals surface area contributed by atoms with Crippen LogP contribution in [-0.2, 0) is 0 Å². The van der Waals surface area contributed by atoms with Gasteiger partial charge in [-0.2, -0.15) is 0 Å². The first-order valence-electron chi connectivity index (χ1n) is 5.95. The number of piperidine rings is 1. The van der Waals surface area contributed by atoms with Gasteiger partial charge in [0.1, 0.15) is 0 Å². The Balaban J connectivity index is 2.06. The number of nitrogens with one attached hydrogen (secondary N) is 2. The van der Waals surface area contributed by atoms with Gasteiger partial charge in [0.15, 0.2) is 0 Å². The van der Waals surface area contributed by atoms with E-state index < -0.39 is 0 Å². The monoisotopic (exact) mass is 296 g/mol. The van der Waals surface area contributed by atoms with Gasteiger partial charge >= 0.3 is 0 Å². The van der Waals surface area contributed by atoms with Gasteiger partial charge in [-0.1, -0.05) is 12.1 Å². The molecular formula is C13H17BrN2O. The van der Waals surface area contributed by atoms with Crippen molar-refractivity contribution in [2.75, 3.05) is 13.1 Å². The molecule has 1 aromatic carbocycles. The molecule has 1 saturated heterocycles. The van der Waals surface area contributed by atoms with Gasteiger partial charge < -0.3 is 10.6 Å². The van der Waals surface area contributed by atoms with Crippen LogP contribution >= 0.6 is 15.9 Å². The lowest BCUT2D eigenvalue weighted by molar-refractivity contribution is 0.0930. The van der Waals surface area contributed by atoms with Crippen molar-refractivity contribution in [3.05, 3.63) is 33.8 Å². The average molecular weight is 297 g/mol. The normalized spacial score (nSPS) is 20.0. The van der Waals surface area contributed by atoms with E-state index in [-0.39, 0.29) is 11.9 Å². The Kier molecular flexibility index (Phi) is 4.18. The highest BCUT2D eigenvalue weighted by Gasteiger charge is 2.18. The van der Waals surface area contributed by atoms with Gasteiger partial charge in [-0.05, 0) is 53.9 Å². The Morgan fingerprint density at radius 3 is 3.06 bits per heavy atom. The predicted octanol–water partition coefficient (Wildman–Crippen LogP) is 2.24. The molecule has 0 saturated carbocycles. The fourth-order valence-corrected chi connectivity index (χ4v) is 2.51. The summed E-state index contributed by atoms with van der Waals surface area (Å²) in [5.74, 6) is 0.00859. The summed E-state index contributed by atoms with van der Waals surface area (Å²) < 4.78 is 0.890. The zero-order chi connectivity index (χ0) is 12.3. The molecule has 17 heavy (non-hydrogen) atoms. The van der Waals surface area contributed by atoms with Crippen LogP contribution in [0.5, 0.6) is 0 Å². The van der Waals surface area contributed by atoms with E-state index in [0.29, 0.717) is 0 Å². The Hall–Kier alpha value is -0.870. The zero-order valence-corrected chi connectivity index (χ0v) is 11.5. The van der Waals surface area contributed by atoms with Gasteiger partial charge in [0.05, 0.1) is 5.56 Å². The number of aryl methyl sites for hydroxylation is 1. The molecule has 1 heterocycles. The highest BCUT2D eigenvalue weighted by Crippen LogP contribution is 2.21. The molecule has 2 rings (SSSR count). The molecule has 1 fully saturated rings. The van der Waals surface area contributed by atoms with E-state index in [9.17, 15) is 4.79 Å². The summed E-state index contributed by atoms with van der Waals surface area (Å²) in [6, 6.07) is 6.00. The van der Waals surface area contributed by atoms with E-state index in [1.54, 1.807) is 0 Å². The minimum atomic E-state index is 0.00859. The first kappa shape index (κ1) is 12.6. The third-order valence-electron chi connectivity index (χ3n) is 3.07. The number of rotatable bonds is 2. The van der Waals surface area contributed by atoms with Crippen LogP contribution in [0.4, 0.5) is 0 Å². The summed E-state index contributed by atoms with van der Waals surface area (Å²) in [4.78, 5) is 12.1. The standard InChI is InChI=1S/C13H17BrN2O/c1-9-4-2-6-11(12(9)14)13(17)16-10-5-3-7-15-8-10/h2,4,6,10,15H,3,5,7-8H2,1H3,(H,16,17)/t10-/m0/s1. The van der Waals surface area contributed by atoms with E-state index in [1.165, 1.54) is 0 Å². The van der Waals surface area contributed by atoms with Crippen molar-refractivity contribution >= 4 is 21.8 Å². The van der Waals surface area contributed by atoms with Crippen LogP contribution in [0.2, 0.25) is 0 Å². The lowest BCUT2D eigenvalue weighted by Gasteiger charge is -2.24. The van der Waals surface area contributed by atoms with Gasteiger partial charge in [-0.15, -0.1) is 0 Å². The molecule has 0 aromatic heterocycles. The summed E-state index contributed by atoms with van der Waals surface area (Å²) in [6.07, 6.45) is 2.18. The minimum absolute atomic E-state index is 0.00859. The fraction of sp³-hybridized carbons (Fsp3) is 0.462. The Morgan fingerprint density at radius 2 is 2.35 bits per heavy atom. The van der Waals surface area contributed by atoms with Crippen molar-refractivity contribution in [3.63, 3.8) is 0 Å². The molecular weight excluding hydrogens is 280 g/mol. The molecule has 0 unspecified atom stereocenters.